The number of unbranched alkanes of at least 4 members (excludes halogenated alkanes) is 2. The second kappa shape index (κ2) is 16.7. The fourth-order valence-electron chi connectivity index (χ4n) is 4.07. The summed E-state index contributed by atoms with van der Waals surface area (Å²) in [5.74, 6) is -4.23. The SMILES string of the molecule is CCCCCNC(=O)[C@H](Cc1ccc(OC(C(=O)O)C(=O)O)cc1)NC(=O)[C@H](Cc1ccccc1)NC(=O)NC(C)(C)C. The fraction of sp³-hybridized carbons (Fsp3) is 0.452. The van der Waals surface area contributed by atoms with Crippen LogP contribution in [-0.4, -0.2) is 70.3 Å². The van der Waals surface area contributed by atoms with Gasteiger partial charge in [0.15, 0.2) is 0 Å². The minimum absolute atomic E-state index is 0.0140. The number of rotatable bonds is 16. The summed E-state index contributed by atoms with van der Waals surface area (Å²) >= 11 is 0. The predicted octanol–water partition coefficient (Wildman–Crippen LogP) is 2.65. The number of carbonyl (C=O) groups excluding carboxylic acids is 3. The van der Waals surface area contributed by atoms with E-state index in [9.17, 15) is 24.0 Å². The van der Waals surface area contributed by atoms with E-state index in [0.29, 0.717) is 12.1 Å². The molecule has 0 spiro atoms. The molecule has 0 saturated heterocycles. The van der Waals surface area contributed by atoms with E-state index >= 15 is 0 Å². The Bertz CT molecular complexity index is 1210. The summed E-state index contributed by atoms with van der Waals surface area (Å²) in [6.07, 6.45) is 0.858. The van der Waals surface area contributed by atoms with Crippen LogP contribution < -0.4 is 26.0 Å². The summed E-state index contributed by atoms with van der Waals surface area (Å²) in [7, 11) is 0. The number of hydrogen-bond acceptors (Lipinski definition) is 6. The number of carboxylic acids is 2. The quantitative estimate of drug-likeness (QED) is 0.126. The van der Waals surface area contributed by atoms with Gasteiger partial charge < -0.3 is 36.2 Å². The van der Waals surface area contributed by atoms with Gasteiger partial charge in [-0.2, -0.15) is 0 Å². The molecule has 0 fully saturated rings. The van der Waals surface area contributed by atoms with Gasteiger partial charge in [-0.15, -0.1) is 0 Å². The van der Waals surface area contributed by atoms with Gasteiger partial charge in [0.2, 0.25) is 11.8 Å². The fourth-order valence-corrected chi connectivity index (χ4v) is 4.07. The third-order valence-corrected chi connectivity index (χ3v) is 6.17. The van der Waals surface area contributed by atoms with Gasteiger partial charge in [0, 0.05) is 24.9 Å². The predicted molar refractivity (Wildman–Crippen MR) is 160 cm³/mol. The highest BCUT2D eigenvalue weighted by Crippen LogP contribution is 2.16. The van der Waals surface area contributed by atoms with Crippen LogP contribution in [0.2, 0.25) is 0 Å². The number of carbonyl (C=O) groups is 5. The highest BCUT2D eigenvalue weighted by atomic mass is 16.5. The molecular formula is C31H42N4O8. The van der Waals surface area contributed by atoms with Gasteiger partial charge in [-0.25, -0.2) is 14.4 Å². The average molecular weight is 599 g/mol. The lowest BCUT2D eigenvalue weighted by Crippen LogP contribution is -2.57. The number of carboxylic acid groups (broad SMARTS) is 2. The van der Waals surface area contributed by atoms with Crippen LogP contribution in [0, 0.1) is 0 Å². The maximum Gasteiger partial charge on any atom is 0.356 e. The van der Waals surface area contributed by atoms with Crippen LogP contribution in [0.1, 0.15) is 58.1 Å². The van der Waals surface area contributed by atoms with Crippen LogP contribution in [-0.2, 0) is 32.0 Å². The van der Waals surface area contributed by atoms with Crippen molar-refractivity contribution in [3.05, 3.63) is 65.7 Å². The van der Waals surface area contributed by atoms with Crippen LogP contribution in [0.4, 0.5) is 4.79 Å². The normalized spacial score (nSPS) is 12.5. The minimum Gasteiger partial charge on any atom is -0.478 e. The zero-order chi connectivity index (χ0) is 32.0. The third kappa shape index (κ3) is 12.8. The molecule has 234 valence electrons. The first kappa shape index (κ1) is 34.6. The van der Waals surface area contributed by atoms with E-state index in [2.05, 4.69) is 21.3 Å². The van der Waals surface area contributed by atoms with Gasteiger partial charge in [-0.3, -0.25) is 9.59 Å². The second-order valence-electron chi connectivity index (χ2n) is 11.2. The summed E-state index contributed by atoms with van der Waals surface area (Å²) in [6.45, 7) is 7.92. The molecule has 0 aliphatic carbocycles. The number of urea groups is 1. The Morgan fingerprint density at radius 1 is 0.767 bits per heavy atom. The summed E-state index contributed by atoms with van der Waals surface area (Å²) in [5, 5.41) is 29.3. The molecule has 0 radical (unpaired) electrons. The topological polar surface area (TPSA) is 183 Å². The van der Waals surface area contributed by atoms with Crippen LogP contribution in [0.15, 0.2) is 54.6 Å². The minimum atomic E-state index is -2.07. The number of aliphatic carboxylic acids is 2. The van der Waals surface area contributed by atoms with Crippen LogP contribution in [0.3, 0.4) is 0 Å². The van der Waals surface area contributed by atoms with E-state index in [4.69, 9.17) is 14.9 Å². The van der Waals surface area contributed by atoms with Gasteiger partial charge in [-0.1, -0.05) is 62.2 Å². The Balaban J connectivity index is 2.25. The maximum absolute atomic E-state index is 13.6. The summed E-state index contributed by atoms with van der Waals surface area (Å²) in [6, 6.07) is 12.5. The Hall–Kier alpha value is -4.61. The number of ether oxygens (including phenoxy) is 1. The molecule has 0 heterocycles. The zero-order valence-corrected chi connectivity index (χ0v) is 25.0. The molecular weight excluding hydrogens is 556 g/mol. The molecule has 0 unspecified atom stereocenters. The van der Waals surface area contributed by atoms with E-state index in [1.54, 1.807) is 12.1 Å². The lowest BCUT2D eigenvalue weighted by Gasteiger charge is -2.26. The highest BCUT2D eigenvalue weighted by molar-refractivity contribution is 5.96. The maximum atomic E-state index is 13.6. The van der Waals surface area contributed by atoms with E-state index < -0.39 is 53.5 Å². The number of nitrogens with one attached hydrogen (secondary N) is 4. The second-order valence-corrected chi connectivity index (χ2v) is 11.2. The van der Waals surface area contributed by atoms with Gasteiger partial charge in [0.25, 0.3) is 6.10 Å². The van der Waals surface area contributed by atoms with Crippen molar-refractivity contribution in [2.45, 2.75) is 83.5 Å². The Kier molecular flexibility index (Phi) is 13.5. The molecule has 0 saturated carbocycles. The molecule has 12 nitrogen and oxygen atoms in total. The molecule has 0 aromatic heterocycles. The molecule has 2 aromatic carbocycles. The highest BCUT2D eigenvalue weighted by Gasteiger charge is 2.29. The molecule has 4 amide bonds. The molecule has 6 N–H and O–H groups in total. The van der Waals surface area contributed by atoms with Crippen molar-refractivity contribution in [3.8, 4) is 5.75 Å². The van der Waals surface area contributed by atoms with Crippen molar-refractivity contribution in [2.75, 3.05) is 6.54 Å². The summed E-state index contributed by atoms with van der Waals surface area (Å²) in [4.78, 5) is 61.8. The first-order valence-electron chi connectivity index (χ1n) is 14.2. The lowest BCUT2D eigenvalue weighted by atomic mass is 10.0. The number of amides is 4. The lowest BCUT2D eigenvalue weighted by molar-refractivity contribution is -0.159. The first-order chi connectivity index (χ1) is 20.3. The number of benzene rings is 2. The van der Waals surface area contributed by atoms with E-state index in [0.717, 1.165) is 24.8 Å². The molecule has 43 heavy (non-hydrogen) atoms. The van der Waals surface area contributed by atoms with Crippen LogP contribution in [0.5, 0.6) is 5.75 Å². The molecule has 2 atom stereocenters. The van der Waals surface area contributed by atoms with Crippen molar-refractivity contribution in [1.82, 2.24) is 21.3 Å². The van der Waals surface area contributed by atoms with Crippen molar-refractivity contribution >= 4 is 29.8 Å². The molecule has 0 aliphatic heterocycles. The molecule has 0 aliphatic rings. The van der Waals surface area contributed by atoms with Crippen LogP contribution in [0.25, 0.3) is 0 Å². The largest absolute Gasteiger partial charge is 0.478 e. The molecule has 2 aromatic rings. The Labute approximate surface area is 251 Å². The number of hydrogen-bond donors (Lipinski definition) is 6. The Morgan fingerprint density at radius 2 is 1.33 bits per heavy atom. The smallest absolute Gasteiger partial charge is 0.356 e. The van der Waals surface area contributed by atoms with Crippen molar-refractivity contribution in [3.63, 3.8) is 0 Å². The van der Waals surface area contributed by atoms with E-state index in [1.165, 1.54) is 12.1 Å². The summed E-state index contributed by atoms with van der Waals surface area (Å²) < 4.78 is 5.05. The summed E-state index contributed by atoms with van der Waals surface area (Å²) in [5.41, 5.74) is 0.876. The average Bonchev–Trinajstić information content (AvgIpc) is 2.93. The zero-order valence-electron chi connectivity index (χ0n) is 25.0. The third-order valence-electron chi connectivity index (χ3n) is 6.17. The van der Waals surface area contributed by atoms with E-state index in [1.807, 2.05) is 58.0 Å². The molecule has 2 rings (SSSR count). The van der Waals surface area contributed by atoms with Crippen molar-refractivity contribution < 1.29 is 38.9 Å². The van der Waals surface area contributed by atoms with Crippen molar-refractivity contribution in [2.24, 2.45) is 0 Å². The van der Waals surface area contributed by atoms with Crippen molar-refractivity contribution in [1.29, 1.82) is 0 Å². The van der Waals surface area contributed by atoms with E-state index in [-0.39, 0.29) is 18.6 Å². The first-order valence-corrected chi connectivity index (χ1v) is 14.2. The van der Waals surface area contributed by atoms with Gasteiger partial charge >= 0.3 is 18.0 Å². The molecule has 0 bridgehead atoms. The standard InChI is InChI=1S/C31H42N4O8/c1-5-6-10-17-32-26(36)23(19-21-13-15-22(16-14-21)43-25(28(38)39)29(40)41)33-27(37)24(18-20-11-8-7-9-12-20)34-30(42)35-31(2,3)4/h7-9,11-16,23-25H,5-6,10,17-19H2,1-4H3,(H,32,36)(H,33,37)(H,38,39)(H,40,41)(H2,34,35,42)/t23-,24-/m0/s1. The van der Waals surface area contributed by atoms with Gasteiger partial charge in [0.1, 0.15) is 17.8 Å². The van der Waals surface area contributed by atoms with Crippen LogP contribution >= 0.6 is 0 Å². The Morgan fingerprint density at radius 3 is 1.86 bits per heavy atom. The molecule has 12 heteroatoms. The monoisotopic (exact) mass is 598 g/mol. The van der Waals surface area contributed by atoms with Gasteiger partial charge in [-0.05, 0) is 50.5 Å². The van der Waals surface area contributed by atoms with Gasteiger partial charge in [0.05, 0.1) is 0 Å².